The van der Waals surface area contributed by atoms with Gasteiger partial charge in [-0.2, -0.15) is 0 Å². The van der Waals surface area contributed by atoms with E-state index in [2.05, 4.69) is 5.32 Å². The highest BCUT2D eigenvalue weighted by molar-refractivity contribution is 7.92. The largest absolute Gasteiger partial charge is 0.493 e. The summed E-state index contributed by atoms with van der Waals surface area (Å²) < 4.78 is 40.3. The fraction of sp³-hybridized carbons (Fsp3) is 0.394. The summed E-state index contributed by atoms with van der Waals surface area (Å²) in [5.41, 5.74) is 2.86. The lowest BCUT2D eigenvalue weighted by molar-refractivity contribution is -0.140. The standard InChI is InChI=1S/C33H43N3O6S/c1-8-25(5)34-33(38)29(9-2)35(21-26-13-11-10-12-14-26)32(37)22-36(27-18-23(3)17-24(4)19-27)43(39,40)28-15-16-30(41-6)31(20-28)42-7/h10-20,25,29H,8-9,21-22H2,1-7H3,(H,34,38)/t25-,29-/m1/s1. The van der Waals surface area contributed by atoms with Crippen LogP contribution >= 0.6 is 0 Å². The number of aryl methyl sites for hydroxylation is 2. The van der Waals surface area contributed by atoms with Crippen molar-refractivity contribution in [3.8, 4) is 11.5 Å². The summed E-state index contributed by atoms with van der Waals surface area (Å²) in [6, 6.07) is 18.2. The minimum Gasteiger partial charge on any atom is -0.493 e. The summed E-state index contributed by atoms with van der Waals surface area (Å²) in [5, 5.41) is 2.99. The molecule has 0 aliphatic rings. The highest BCUT2D eigenvalue weighted by Gasteiger charge is 2.34. The van der Waals surface area contributed by atoms with E-state index in [4.69, 9.17) is 9.47 Å². The molecule has 0 saturated carbocycles. The van der Waals surface area contributed by atoms with Crippen LogP contribution in [-0.2, 0) is 26.2 Å². The molecule has 1 N–H and O–H groups in total. The zero-order valence-electron chi connectivity index (χ0n) is 26.1. The van der Waals surface area contributed by atoms with Gasteiger partial charge in [-0.1, -0.05) is 50.2 Å². The van der Waals surface area contributed by atoms with Crippen LogP contribution in [0.5, 0.6) is 11.5 Å². The Balaban J connectivity index is 2.12. The highest BCUT2D eigenvalue weighted by Crippen LogP contribution is 2.33. The van der Waals surface area contributed by atoms with Crippen molar-refractivity contribution < 1.29 is 27.5 Å². The van der Waals surface area contributed by atoms with Crippen LogP contribution in [0.1, 0.15) is 50.3 Å². The average Bonchev–Trinajstić information content (AvgIpc) is 2.98. The summed E-state index contributed by atoms with van der Waals surface area (Å²) in [4.78, 5) is 29.1. The van der Waals surface area contributed by atoms with E-state index < -0.39 is 28.5 Å². The number of hydrogen-bond acceptors (Lipinski definition) is 6. The van der Waals surface area contributed by atoms with Crippen molar-refractivity contribution in [2.75, 3.05) is 25.1 Å². The molecule has 232 valence electrons. The van der Waals surface area contributed by atoms with E-state index >= 15 is 0 Å². The van der Waals surface area contributed by atoms with E-state index in [-0.39, 0.29) is 29.1 Å². The SMILES string of the molecule is CC[C@@H](C)NC(=O)[C@@H](CC)N(Cc1ccccc1)C(=O)CN(c1cc(C)cc(C)c1)S(=O)(=O)c1ccc(OC)c(OC)c1. The maximum absolute atomic E-state index is 14.3. The molecule has 0 fully saturated rings. The van der Waals surface area contributed by atoms with Crippen molar-refractivity contribution in [2.45, 2.75) is 71.0 Å². The molecule has 0 unspecified atom stereocenters. The molecule has 0 aromatic heterocycles. The average molecular weight is 610 g/mol. The molecule has 0 aliphatic carbocycles. The summed E-state index contributed by atoms with van der Waals surface area (Å²) in [6.07, 6.45) is 1.09. The Morgan fingerprint density at radius 1 is 0.860 bits per heavy atom. The second-order valence-corrected chi connectivity index (χ2v) is 12.5. The van der Waals surface area contributed by atoms with E-state index in [1.165, 1.54) is 37.3 Å². The minimum atomic E-state index is -4.27. The lowest BCUT2D eigenvalue weighted by Crippen LogP contribution is -2.53. The fourth-order valence-electron chi connectivity index (χ4n) is 4.87. The lowest BCUT2D eigenvalue weighted by atomic mass is 10.1. The predicted octanol–water partition coefficient (Wildman–Crippen LogP) is 5.24. The number of benzene rings is 3. The number of rotatable bonds is 14. The molecule has 0 aliphatic heterocycles. The van der Waals surface area contributed by atoms with Gasteiger partial charge >= 0.3 is 0 Å². The van der Waals surface area contributed by atoms with Gasteiger partial charge in [0.1, 0.15) is 12.6 Å². The maximum Gasteiger partial charge on any atom is 0.264 e. The molecule has 0 spiro atoms. The molecule has 10 heteroatoms. The molecule has 3 aromatic rings. The summed E-state index contributed by atoms with van der Waals surface area (Å²) in [6.45, 7) is 9.09. The van der Waals surface area contributed by atoms with Gasteiger partial charge in [0.05, 0.1) is 24.8 Å². The number of sulfonamides is 1. The van der Waals surface area contributed by atoms with E-state index in [0.717, 1.165) is 27.4 Å². The quantitative estimate of drug-likeness (QED) is 0.268. The van der Waals surface area contributed by atoms with Crippen LogP contribution in [0.3, 0.4) is 0 Å². The van der Waals surface area contributed by atoms with Crippen LogP contribution in [0.2, 0.25) is 0 Å². The van der Waals surface area contributed by atoms with E-state index in [1.54, 1.807) is 12.1 Å². The number of hydrogen-bond donors (Lipinski definition) is 1. The van der Waals surface area contributed by atoms with Crippen LogP contribution in [0.15, 0.2) is 71.6 Å². The Labute approximate surface area is 255 Å². The van der Waals surface area contributed by atoms with Gasteiger partial charge in [-0.3, -0.25) is 13.9 Å². The van der Waals surface area contributed by atoms with Gasteiger partial charge < -0.3 is 19.7 Å². The van der Waals surface area contributed by atoms with Crippen molar-refractivity contribution >= 4 is 27.5 Å². The minimum absolute atomic E-state index is 0.0618. The number of amides is 2. The second-order valence-electron chi connectivity index (χ2n) is 10.6. The number of anilines is 1. The second kappa shape index (κ2) is 14.9. The van der Waals surface area contributed by atoms with E-state index in [0.29, 0.717) is 17.9 Å². The van der Waals surface area contributed by atoms with Gasteiger partial charge in [0.15, 0.2) is 11.5 Å². The smallest absolute Gasteiger partial charge is 0.264 e. The van der Waals surface area contributed by atoms with Crippen molar-refractivity contribution in [2.24, 2.45) is 0 Å². The van der Waals surface area contributed by atoms with Crippen LogP contribution in [0.4, 0.5) is 5.69 Å². The molecule has 2 amide bonds. The summed E-state index contributed by atoms with van der Waals surface area (Å²) in [5.74, 6) is -0.156. The Morgan fingerprint density at radius 3 is 2.05 bits per heavy atom. The first kappa shape index (κ1) is 33.5. The van der Waals surface area contributed by atoms with Gasteiger partial charge in [0.25, 0.3) is 10.0 Å². The topological polar surface area (TPSA) is 105 Å². The fourth-order valence-corrected chi connectivity index (χ4v) is 6.28. The number of methoxy groups -OCH3 is 2. The first-order valence-electron chi connectivity index (χ1n) is 14.4. The molecule has 9 nitrogen and oxygen atoms in total. The van der Waals surface area contributed by atoms with E-state index in [1.807, 2.05) is 71.0 Å². The molecule has 0 bridgehead atoms. The number of carbonyl (C=O) groups is 2. The molecule has 2 atom stereocenters. The number of carbonyl (C=O) groups excluding carboxylic acids is 2. The Morgan fingerprint density at radius 2 is 1.49 bits per heavy atom. The van der Waals surface area contributed by atoms with Gasteiger partial charge in [-0.15, -0.1) is 0 Å². The molecule has 43 heavy (non-hydrogen) atoms. The Bertz CT molecular complexity index is 1490. The first-order chi connectivity index (χ1) is 20.4. The first-order valence-corrected chi connectivity index (χ1v) is 15.9. The van der Waals surface area contributed by atoms with Crippen molar-refractivity contribution in [3.05, 3.63) is 83.4 Å². The molecule has 0 radical (unpaired) electrons. The maximum atomic E-state index is 14.3. The highest BCUT2D eigenvalue weighted by atomic mass is 32.2. The summed E-state index contributed by atoms with van der Waals surface area (Å²) >= 11 is 0. The predicted molar refractivity (Wildman–Crippen MR) is 169 cm³/mol. The summed E-state index contributed by atoms with van der Waals surface area (Å²) in [7, 11) is -1.38. The normalized spacial score (nSPS) is 12.6. The van der Waals surface area contributed by atoms with E-state index in [9.17, 15) is 18.0 Å². The van der Waals surface area contributed by atoms with Crippen molar-refractivity contribution in [1.82, 2.24) is 10.2 Å². The van der Waals surface area contributed by atoms with Crippen LogP contribution in [0.25, 0.3) is 0 Å². The third kappa shape index (κ3) is 8.28. The molecular weight excluding hydrogens is 566 g/mol. The van der Waals surface area contributed by atoms with Gasteiger partial charge in [-0.05, 0) is 74.6 Å². The zero-order chi connectivity index (χ0) is 31.7. The Kier molecular flexibility index (Phi) is 11.6. The van der Waals surface area contributed by atoms with Gasteiger partial charge in [-0.25, -0.2) is 8.42 Å². The number of ether oxygens (including phenoxy) is 2. The number of nitrogens with zero attached hydrogens (tertiary/aromatic N) is 2. The molecule has 0 saturated heterocycles. The zero-order valence-corrected chi connectivity index (χ0v) is 26.9. The molecule has 0 heterocycles. The van der Waals surface area contributed by atoms with Crippen LogP contribution < -0.4 is 19.1 Å². The van der Waals surface area contributed by atoms with Crippen molar-refractivity contribution in [3.63, 3.8) is 0 Å². The Hall–Kier alpha value is -4.05. The lowest BCUT2D eigenvalue weighted by Gasteiger charge is -2.34. The van der Waals surface area contributed by atoms with Crippen LogP contribution in [-0.4, -0.2) is 58.0 Å². The molecule has 3 aromatic carbocycles. The van der Waals surface area contributed by atoms with Crippen LogP contribution in [0, 0.1) is 13.8 Å². The molecular formula is C33H43N3O6S. The monoisotopic (exact) mass is 609 g/mol. The van der Waals surface area contributed by atoms with Crippen molar-refractivity contribution in [1.29, 1.82) is 0 Å². The third-order valence-electron chi connectivity index (χ3n) is 7.30. The number of nitrogens with one attached hydrogen (secondary N) is 1. The molecule has 3 rings (SSSR count). The van der Waals surface area contributed by atoms with Gasteiger partial charge in [0, 0.05) is 18.7 Å². The third-order valence-corrected chi connectivity index (χ3v) is 9.07. The van der Waals surface area contributed by atoms with Gasteiger partial charge in [0.2, 0.25) is 11.8 Å².